The topological polar surface area (TPSA) is 50.9 Å². The van der Waals surface area contributed by atoms with Crippen molar-refractivity contribution < 1.29 is 13.9 Å². The highest BCUT2D eigenvalue weighted by Crippen LogP contribution is 2.29. The Kier molecular flexibility index (Phi) is 3.90. The molecule has 0 aliphatic heterocycles. The summed E-state index contributed by atoms with van der Waals surface area (Å²) in [7, 11) is 0. The summed E-state index contributed by atoms with van der Waals surface area (Å²) in [5.41, 5.74) is 0.245. The Morgan fingerprint density at radius 2 is 2.00 bits per heavy atom. The van der Waals surface area contributed by atoms with Gasteiger partial charge in [0.1, 0.15) is 12.2 Å². The fraction of sp³-hybridized carbons (Fsp3) is 0.385. The quantitative estimate of drug-likeness (QED) is 0.905. The van der Waals surface area contributed by atoms with Gasteiger partial charge in [0.05, 0.1) is 12.3 Å². The lowest BCUT2D eigenvalue weighted by molar-refractivity contribution is -0.0258. The number of aromatic nitrogens is 3. The van der Waals surface area contributed by atoms with Crippen LogP contribution in [0, 0.1) is 0 Å². The van der Waals surface area contributed by atoms with Gasteiger partial charge in [0.25, 0.3) is 5.92 Å². The van der Waals surface area contributed by atoms with E-state index < -0.39 is 18.6 Å². The second kappa shape index (κ2) is 5.44. The first-order valence-corrected chi connectivity index (χ1v) is 6.04. The Balaban J connectivity index is 2.14. The van der Waals surface area contributed by atoms with E-state index in [2.05, 4.69) is 10.3 Å². The van der Waals surface area contributed by atoms with Gasteiger partial charge in [0, 0.05) is 5.56 Å². The Morgan fingerprint density at radius 1 is 1.32 bits per heavy atom. The van der Waals surface area contributed by atoms with Gasteiger partial charge in [-0.05, 0) is 6.42 Å². The smallest absolute Gasteiger partial charge is 0.292 e. The number of hydrogen-bond acceptors (Lipinski definition) is 3. The molecular weight excluding hydrogens is 252 g/mol. The molecule has 0 saturated carbocycles. The molecule has 0 aliphatic rings. The number of alkyl halides is 2. The molecule has 2 aromatic rings. The molecule has 4 nitrogen and oxygen atoms in total. The van der Waals surface area contributed by atoms with E-state index in [1.807, 2.05) is 0 Å². The van der Waals surface area contributed by atoms with Crippen molar-refractivity contribution in [2.75, 3.05) is 0 Å². The third kappa shape index (κ3) is 3.14. The number of aliphatic hydroxyl groups excluding tert-OH is 1. The number of benzene rings is 1. The summed E-state index contributed by atoms with van der Waals surface area (Å²) in [5, 5.41) is 16.9. The van der Waals surface area contributed by atoms with Crippen molar-refractivity contribution in [3.8, 4) is 0 Å². The third-order valence-electron chi connectivity index (χ3n) is 2.84. The molecule has 2 rings (SSSR count). The van der Waals surface area contributed by atoms with E-state index in [9.17, 15) is 13.9 Å². The molecule has 1 atom stereocenters. The van der Waals surface area contributed by atoms with E-state index >= 15 is 0 Å². The van der Waals surface area contributed by atoms with Crippen molar-refractivity contribution in [1.29, 1.82) is 0 Å². The van der Waals surface area contributed by atoms with Gasteiger partial charge < -0.3 is 5.11 Å². The van der Waals surface area contributed by atoms with Crippen molar-refractivity contribution in [3.63, 3.8) is 0 Å². The van der Waals surface area contributed by atoms with Crippen LogP contribution in [-0.4, -0.2) is 20.1 Å². The van der Waals surface area contributed by atoms with Crippen LogP contribution in [0.2, 0.25) is 0 Å². The lowest BCUT2D eigenvalue weighted by Crippen LogP contribution is -2.21. The van der Waals surface area contributed by atoms with E-state index in [0.29, 0.717) is 12.1 Å². The van der Waals surface area contributed by atoms with Crippen LogP contribution < -0.4 is 0 Å². The first-order valence-electron chi connectivity index (χ1n) is 6.04. The molecule has 6 heteroatoms. The van der Waals surface area contributed by atoms with Gasteiger partial charge in [0.2, 0.25) is 0 Å². The highest BCUT2D eigenvalue weighted by atomic mass is 19.3. The molecule has 1 N–H and O–H groups in total. The van der Waals surface area contributed by atoms with Gasteiger partial charge in [-0.1, -0.05) is 42.5 Å². The van der Waals surface area contributed by atoms with Crippen LogP contribution in [0.4, 0.5) is 8.78 Å². The standard InChI is InChI=1S/C13H15F2N3O/c1-2-12(19)11-8-18(17-16-11)9-13(14,15)10-6-4-3-5-7-10/h3-8,12,19H,2,9H2,1H3. The maximum absolute atomic E-state index is 14.0. The predicted molar refractivity (Wildman–Crippen MR) is 65.6 cm³/mol. The summed E-state index contributed by atoms with van der Waals surface area (Å²) in [6.07, 6.45) is 1.05. The molecule has 102 valence electrons. The second-order valence-corrected chi connectivity index (χ2v) is 4.34. The van der Waals surface area contributed by atoms with Crippen LogP contribution in [-0.2, 0) is 12.5 Å². The van der Waals surface area contributed by atoms with Gasteiger partial charge in [-0.2, -0.15) is 8.78 Å². The van der Waals surface area contributed by atoms with Gasteiger partial charge in [0.15, 0.2) is 0 Å². The molecule has 0 radical (unpaired) electrons. The number of hydrogen-bond donors (Lipinski definition) is 1. The van der Waals surface area contributed by atoms with Crippen molar-refractivity contribution in [2.45, 2.75) is 31.9 Å². The lowest BCUT2D eigenvalue weighted by Gasteiger charge is -2.16. The number of aliphatic hydroxyl groups is 1. The van der Waals surface area contributed by atoms with E-state index in [0.717, 1.165) is 4.68 Å². The molecule has 0 spiro atoms. The van der Waals surface area contributed by atoms with Gasteiger partial charge in [-0.15, -0.1) is 5.10 Å². The Bertz CT molecular complexity index is 528. The minimum atomic E-state index is -3.02. The Morgan fingerprint density at radius 3 is 2.63 bits per heavy atom. The number of rotatable bonds is 5. The summed E-state index contributed by atoms with van der Waals surface area (Å²) in [6, 6.07) is 7.57. The van der Waals surface area contributed by atoms with Crippen molar-refractivity contribution in [2.24, 2.45) is 0 Å². The van der Waals surface area contributed by atoms with E-state index in [-0.39, 0.29) is 5.56 Å². The van der Waals surface area contributed by atoms with Crippen LogP contribution in [0.25, 0.3) is 0 Å². The molecule has 0 aliphatic carbocycles. The summed E-state index contributed by atoms with van der Waals surface area (Å²) in [4.78, 5) is 0. The number of nitrogens with zero attached hydrogens (tertiary/aromatic N) is 3. The van der Waals surface area contributed by atoms with Crippen molar-refractivity contribution >= 4 is 0 Å². The maximum atomic E-state index is 14.0. The van der Waals surface area contributed by atoms with E-state index in [1.165, 1.54) is 18.3 Å². The molecule has 1 heterocycles. The molecule has 0 fully saturated rings. The average Bonchev–Trinajstić information content (AvgIpc) is 2.86. The first kappa shape index (κ1) is 13.6. The van der Waals surface area contributed by atoms with Gasteiger partial charge in [-0.25, -0.2) is 4.68 Å². The third-order valence-corrected chi connectivity index (χ3v) is 2.84. The fourth-order valence-corrected chi connectivity index (χ4v) is 1.73. The summed E-state index contributed by atoms with van der Waals surface area (Å²) in [6.45, 7) is 1.18. The highest BCUT2D eigenvalue weighted by Gasteiger charge is 2.32. The monoisotopic (exact) mass is 267 g/mol. The van der Waals surface area contributed by atoms with Crippen molar-refractivity contribution in [1.82, 2.24) is 15.0 Å². The minimum Gasteiger partial charge on any atom is -0.387 e. The van der Waals surface area contributed by atoms with Gasteiger partial charge in [-0.3, -0.25) is 0 Å². The molecule has 1 aromatic carbocycles. The zero-order chi connectivity index (χ0) is 13.9. The van der Waals surface area contributed by atoms with E-state index in [1.54, 1.807) is 25.1 Å². The molecule has 1 aromatic heterocycles. The average molecular weight is 267 g/mol. The molecule has 19 heavy (non-hydrogen) atoms. The van der Waals surface area contributed by atoms with Crippen molar-refractivity contribution in [3.05, 3.63) is 47.8 Å². The van der Waals surface area contributed by atoms with Crippen LogP contribution >= 0.6 is 0 Å². The van der Waals surface area contributed by atoms with E-state index in [4.69, 9.17) is 0 Å². The van der Waals surface area contributed by atoms with Crippen LogP contribution in [0.5, 0.6) is 0 Å². The largest absolute Gasteiger partial charge is 0.387 e. The van der Waals surface area contributed by atoms with Crippen LogP contribution in [0.15, 0.2) is 36.5 Å². The highest BCUT2D eigenvalue weighted by molar-refractivity contribution is 5.19. The Labute approximate surface area is 109 Å². The SMILES string of the molecule is CCC(O)c1cn(CC(F)(F)c2ccccc2)nn1. The maximum Gasteiger partial charge on any atom is 0.292 e. The first-order chi connectivity index (χ1) is 9.03. The minimum absolute atomic E-state index is 0.0666. The zero-order valence-electron chi connectivity index (χ0n) is 10.5. The fourth-order valence-electron chi connectivity index (χ4n) is 1.73. The summed E-state index contributed by atoms with van der Waals surface area (Å²) in [5.74, 6) is -3.02. The Hall–Kier alpha value is -1.82. The second-order valence-electron chi connectivity index (χ2n) is 4.34. The normalized spacial score (nSPS) is 13.5. The molecule has 0 amide bonds. The molecule has 0 bridgehead atoms. The summed E-state index contributed by atoms with van der Waals surface area (Å²) < 4.78 is 29.0. The molecule has 0 saturated heterocycles. The molecule has 1 unspecified atom stereocenters. The van der Waals surface area contributed by atoms with Crippen LogP contribution in [0.3, 0.4) is 0 Å². The predicted octanol–water partition coefficient (Wildman–Crippen LogP) is 2.51. The lowest BCUT2D eigenvalue weighted by atomic mass is 10.1. The number of halogens is 2. The van der Waals surface area contributed by atoms with Gasteiger partial charge >= 0.3 is 0 Å². The molecular formula is C13H15F2N3O. The van der Waals surface area contributed by atoms with Crippen LogP contribution in [0.1, 0.15) is 30.7 Å². The summed E-state index contributed by atoms with van der Waals surface area (Å²) >= 11 is 0. The zero-order valence-corrected chi connectivity index (χ0v) is 10.5.